The number of benzene rings is 3. The molecule has 9 N–H and O–H groups in total. The molecular weight excluding hydrogens is 762 g/mol. The van der Waals surface area contributed by atoms with Crippen molar-refractivity contribution in [2.24, 2.45) is 0 Å². The Hall–Kier alpha value is -6.84. The van der Waals surface area contributed by atoms with Gasteiger partial charge in [0, 0.05) is 0 Å². The second kappa shape index (κ2) is 19.2. The quantitative estimate of drug-likeness (QED) is 0.0294. The first-order valence-electron chi connectivity index (χ1n) is 16.9. The Morgan fingerprint density at radius 2 is 0.684 bits per heavy atom. The number of phenolic OH excluding ortho intramolecular Hbond substituents is 6. The van der Waals surface area contributed by atoms with Gasteiger partial charge in [-0.15, -0.1) is 0 Å². The lowest BCUT2D eigenvalue weighted by Gasteiger charge is -2.19. The molecule has 3 aromatic carbocycles. The van der Waals surface area contributed by atoms with Crippen molar-refractivity contribution in [3.63, 3.8) is 0 Å². The standard InChI is InChI=1S/C36H39N3O18/c40-22(16-55-31(49)10-19-1-4-25(43)28(46)7-19)13-37-34(52)38(14-23(41)17-56-32(50)11-20-2-5-26(44)29(47)8-20)36(54)39(35(37)53)15-24(42)18-57-33(51)12-21-3-6-27(45)30(48)9-21/h1-9,22-24,40-48H,10-18H2. The topological polar surface area (TPSA) is 327 Å². The smallest absolute Gasteiger partial charge is 0.336 e. The lowest BCUT2D eigenvalue weighted by molar-refractivity contribution is -0.146. The van der Waals surface area contributed by atoms with E-state index in [1.807, 2.05) is 0 Å². The van der Waals surface area contributed by atoms with Crippen LogP contribution >= 0.6 is 0 Å². The van der Waals surface area contributed by atoms with Crippen molar-refractivity contribution in [2.45, 2.75) is 57.2 Å². The molecule has 0 saturated heterocycles. The van der Waals surface area contributed by atoms with Crippen molar-refractivity contribution in [1.82, 2.24) is 13.7 Å². The maximum absolute atomic E-state index is 13.5. The minimum absolute atomic E-state index is 0.240. The third kappa shape index (κ3) is 12.1. The van der Waals surface area contributed by atoms with Gasteiger partial charge in [0.05, 0.1) is 38.9 Å². The Labute approximate surface area is 320 Å². The van der Waals surface area contributed by atoms with Gasteiger partial charge in [-0.1, -0.05) is 18.2 Å². The molecule has 0 bridgehead atoms. The van der Waals surface area contributed by atoms with E-state index in [2.05, 4.69) is 0 Å². The molecule has 4 aromatic rings. The van der Waals surface area contributed by atoms with E-state index in [0.717, 1.165) is 36.4 Å². The molecular formula is C36H39N3O18. The predicted octanol–water partition coefficient (Wildman–Crippen LogP) is -2.15. The number of hydrogen-bond acceptors (Lipinski definition) is 18. The van der Waals surface area contributed by atoms with E-state index in [9.17, 15) is 74.7 Å². The van der Waals surface area contributed by atoms with Crippen LogP contribution in [0.3, 0.4) is 0 Å². The Balaban J connectivity index is 1.49. The second-order valence-corrected chi connectivity index (χ2v) is 12.7. The molecule has 4 rings (SSSR count). The summed E-state index contributed by atoms with van der Waals surface area (Å²) in [5.41, 5.74) is -3.38. The highest BCUT2D eigenvalue weighted by Crippen LogP contribution is 2.27. The highest BCUT2D eigenvalue weighted by molar-refractivity contribution is 5.74. The van der Waals surface area contributed by atoms with Crippen LogP contribution in [0, 0.1) is 0 Å². The van der Waals surface area contributed by atoms with Crippen molar-refractivity contribution < 1.29 is 74.6 Å². The van der Waals surface area contributed by atoms with Gasteiger partial charge >= 0.3 is 35.0 Å². The molecule has 0 radical (unpaired) electrons. The number of hydrogen-bond donors (Lipinski definition) is 9. The lowest BCUT2D eigenvalue weighted by atomic mass is 10.1. The number of carbonyl (C=O) groups is 3. The average Bonchev–Trinajstić information content (AvgIpc) is 3.15. The van der Waals surface area contributed by atoms with Crippen LogP contribution in [0.15, 0.2) is 69.0 Å². The second-order valence-electron chi connectivity index (χ2n) is 12.7. The Bertz CT molecular complexity index is 2000. The van der Waals surface area contributed by atoms with Crippen LogP contribution in [0.1, 0.15) is 16.7 Å². The van der Waals surface area contributed by atoms with E-state index in [-0.39, 0.29) is 16.7 Å². The summed E-state index contributed by atoms with van der Waals surface area (Å²) in [5, 5.41) is 89.2. The number of aliphatic hydroxyl groups excluding tert-OH is 3. The molecule has 306 valence electrons. The van der Waals surface area contributed by atoms with Crippen LogP contribution < -0.4 is 17.1 Å². The number of carbonyl (C=O) groups excluding carboxylic acids is 3. The third-order valence-corrected chi connectivity index (χ3v) is 8.04. The summed E-state index contributed by atoms with van der Waals surface area (Å²) in [4.78, 5) is 77.4. The molecule has 0 spiro atoms. The molecule has 0 aliphatic rings. The van der Waals surface area contributed by atoms with E-state index in [1.165, 1.54) is 18.2 Å². The van der Waals surface area contributed by atoms with Crippen LogP contribution in [-0.2, 0) is 67.5 Å². The Morgan fingerprint density at radius 3 is 0.912 bits per heavy atom. The zero-order valence-corrected chi connectivity index (χ0v) is 29.8. The van der Waals surface area contributed by atoms with Gasteiger partial charge < -0.3 is 60.2 Å². The number of phenols is 6. The van der Waals surface area contributed by atoms with Crippen molar-refractivity contribution in [1.29, 1.82) is 0 Å². The molecule has 21 heteroatoms. The van der Waals surface area contributed by atoms with Gasteiger partial charge in [0.2, 0.25) is 0 Å². The van der Waals surface area contributed by atoms with Crippen molar-refractivity contribution in [3.8, 4) is 34.5 Å². The van der Waals surface area contributed by atoms with Crippen LogP contribution in [0.2, 0.25) is 0 Å². The van der Waals surface area contributed by atoms with Crippen LogP contribution in [0.25, 0.3) is 0 Å². The highest BCUT2D eigenvalue weighted by atomic mass is 16.6. The molecule has 0 aliphatic heterocycles. The van der Waals surface area contributed by atoms with E-state index >= 15 is 0 Å². The van der Waals surface area contributed by atoms with Crippen molar-refractivity contribution in [3.05, 3.63) is 103 Å². The first-order valence-corrected chi connectivity index (χ1v) is 16.9. The van der Waals surface area contributed by atoms with Gasteiger partial charge in [-0.2, -0.15) is 0 Å². The van der Waals surface area contributed by atoms with Gasteiger partial charge in [-0.25, -0.2) is 28.1 Å². The van der Waals surface area contributed by atoms with E-state index in [4.69, 9.17) is 14.2 Å². The minimum Gasteiger partial charge on any atom is -0.504 e. The van der Waals surface area contributed by atoms with Crippen LogP contribution in [-0.4, -0.2) is 116 Å². The third-order valence-electron chi connectivity index (χ3n) is 8.04. The SMILES string of the molecule is O=C(Cc1ccc(O)c(O)c1)OCC(O)Cn1c(=O)n(CC(O)COC(=O)Cc2ccc(O)c(O)c2)c(=O)n(CC(O)COC(=O)Cc2ccc(O)c(O)c2)c1=O. The zero-order chi connectivity index (χ0) is 42.0. The van der Waals surface area contributed by atoms with E-state index < -0.39 is 147 Å². The fraction of sp³-hybridized carbons (Fsp3) is 0.333. The van der Waals surface area contributed by atoms with Crippen molar-refractivity contribution in [2.75, 3.05) is 19.8 Å². The molecule has 3 atom stereocenters. The number of esters is 3. The summed E-state index contributed by atoms with van der Waals surface area (Å²) in [7, 11) is 0. The lowest BCUT2D eigenvalue weighted by Crippen LogP contribution is -2.57. The van der Waals surface area contributed by atoms with E-state index in [1.54, 1.807) is 0 Å². The highest BCUT2D eigenvalue weighted by Gasteiger charge is 2.23. The van der Waals surface area contributed by atoms with E-state index in [0.29, 0.717) is 13.7 Å². The Morgan fingerprint density at radius 1 is 0.439 bits per heavy atom. The number of ether oxygens (including phenoxy) is 3. The maximum atomic E-state index is 13.5. The minimum atomic E-state index is -1.75. The summed E-state index contributed by atoms with van der Waals surface area (Å²) in [6.07, 6.45) is -6.46. The maximum Gasteiger partial charge on any atom is 0.336 e. The normalized spacial score (nSPS) is 12.7. The van der Waals surface area contributed by atoms with Gasteiger partial charge in [-0.05, 0) is 53.1 Å². The number of aliphatic hydroxyl groups is 3. The summed E-state index contributed by atoms with van der Waals surface area (Å²) >= 11 is 0. The first kappa shape index (κ1) is 42.9. The fourth-order valence-electron chi connectivity index (χ4n) is 5.20. The van der Waals surface area contributed by atoms with Crippen LogP contribution in [0.5, 0.6) is 34.5 Å². The summed E-state index contributed by atoms with van der Waals surface area (Å²) in [5.74, 6) is -5.50. The van der Waals surface area contributed by atoms with Crippen molar-refractivity contribution >= 4 is 17.9 Å². The molecule has 0 fully saturated rings. The fourth-order valence-corrected chi connectivity index (χ4v) is 5.20. The monoisotopic (exact) mass is 801 g/mol. The zero-order valence-electron chi connectivity index (χ0n) is 29.8. The number of rotatable bonds is 18. The van der Waals surface area contributed by atoms with Gasteiger partial charge in [0.15, 0.2) is 34.5 Å². The van der Waals surface area contributed by atoms with Gasteiger partial charge in [0.25, 0.3) is 0 Å². The Kier molecular flexibility index (Phi) is 14.4. The number of aromatic hydroxyl groups is 6. The molecule has 57 heavy (non-hydrogen) atoms. The molecule has 1 heterocycles. The largest absolute Gasteiger partial charge is 0.504 e. The average molecular weight is 802 g/mol. The van der Waals surface area contributed by atoms with Gasteiger partial charge in [0.1, 0.15) is 38.1 Å². The summed E-state index contributed by atoms with van der Waals surface area (Å²) < 4.78 is 16.1. The molecule has 1 aromatic heterocycles. The van der Waals surface area contributed by atoms with Crippen LogP contribution in [0.4, 0.5) is 0 Å². The molecule has 0 amide bonds. The summed E-state index contributed by atoms with van der Waals surface area (Å²) in [6, 6.07) is 10.7. The molecule has 21 nitrogen and oxygen atoms in total. The van der Waals surface area contributed by atoms with Gasteiger partial charge in [-0.3, -0.25) is 14.4 Å². The molecule has 0 aliphatic carbocycles. The number of nitrogens with zero attached hydrogens (tertiary/aromatic N) is 3. The summed E-state index contributed by atoms with van der Waals surface area (Å²) in [6.45, 7) is -4.99. The first-order chi connectivity index (χ1) is 26.9. The molecule has 3 unspecified atom stereocenters. The predicted molar refractivity (Wildman–Crippen MR) is 191 cm³/mol. The molecule has 0 saturated carbocycles. The number of aromatic nitrogens is 3.